The molecule has 1 aliphatic heterocycles. The molecule has 0 bridgehead atoms. The molecule has 0 saturated carbocycles. The molecule has 1 fully saturated rings. The first kappa shape index (κ1) is 10.6. The van der Waals surface area contributed by atoms with Gasteiger partial charge in [0.2, 0.25) is 0 Å². The van der Waals surface area contributed by atoms with Gasteiger partial charge in [0.1, 0.15) is 17.3 Å². The van der Waals surface area contributed by atoms with E-state index in [2.05, 4.69) is 20.6 Å². The second-order valence-electron chi connectivity index (χ2n) is 3.75. The van der Waals surface area contributed by atoms with Crippen molar-refractivity contribution in [2.75, 3.05) is 18.4 Å². The number of hydrogen-bond acceptors (Lipinski definition) is 4. The lowest BCUT2D eigenvalue weighted by Crippen LogP contribution is -2.39. The summed E-state index contributed by atoms with van der Waals surface area (Å²) in [6, 6.07) is 2.29. The van der Waals surface area contributed by atoms with Crippen LogP contribution in [0.3, 0.4) is 0 Å². The molecule has 0 unspecified atom stereocenters. The monoisotopic (exact) mass is 226 g/mol. The van der Waals surface area contributed by atoms with E-state index in [0.717, 1.165) is 18.9 Å². The molecule has 15 heavy (non-hydrogen) atoms. The number of anilines is 1. The Hall–Kier alpha value is -0.870. The minimum Gasteiger partial charge on any atom is -0.368 e. The zero-order valence-corrected chi connectivity index (χ0v) is 9.30. The Morgan fingerprint density at radius 1 is 1.47 bits per heavy atom. The van der Waals surface area contributed by atoms with E-state index < -0.39 is 0 Å². The second kappa shape index (κ2) is 5.28. The highest BCUT2D eigenvalue weighted by atomic mass is 35.5. The summed E-state index contributed by atoms with van der Waals surface area (Å²) < 4.78 is 0. The number of aromatic nitrogens is 2. The highest BCUT2D eigenvalue weighted by molar-refractivity contribution is 6.29. The van der Waals surface area contributed by atoms with Gasteiger partial charge >= 0.3 is 0 Å². The third kappa shape index (κ3) is 3.32. The highest BCUT2D eigenvalue weighted by Gasteiger charge is 2.11. The summed E-state index contributed by atoms with van der Waals surface area (Å²) in [7, 11) is 0. The zero-order valence-electron chi connectivity index (χ0n) is 8.54. The third-order valence-electron chi connectivity index (χ3n) is 2.58. The molecule has 4 nitrogen and oxygen atoms in total. The molecule has 1 aliphatic rings. The average Bonchev–Trinajstić information content (AvgIpc) is 2.28. The summed E-state index contributed by atoms with van der Waals surface area (Å²) >= 11 is 5.76. The number of piperidine rings is 1. The Morgan fingerprint density at radius 3 is 3.13 bits per heavy atom. The molecule has 1 saturated heterocycles. The molecule has 0 radical (unpaired) electrons. The Kier molecular flexibility index (Phi) is 3.75. The lowest BCUT2D eigenvalue weighted by atomic mass is 10.1. The molecular formula is C10H15ClN4. The smallest absolute Gasteiger partial charge is 0.134 e. The second-order valence-corrected chi connectivity index (χ2v) is 4.14. The SMILES string of the molecule is Clc1cc(NC[C@H]2CCCCN2)ncn1. The Balaban J connectivity index is 1.81. The van der Waals surface area contributed by atoms with E-state index in [1.807, 2.05) is 0 Å². The van der Waals surface area contributed by atoms with Crippen molar-refractivity contribution in [2.24, 2.45) is 0 Å². The number of halogens is 1. The molecule has 1 atom stereocenters. The summed E-state index contributed by atoms with van der Waals surface area (Å²) in [4.78, 5) is 7.92. The molecule has 0 amide bonds. The summed E-state index contributed by atoms with van der Waals surface area (Å²) in [5, 5.41) is 7.20. The van der Waals surface area contributed by atoms with Gasteiger partial charge < -0.3 is 10.6 Å². The van der Waals surface area contributed by atoms with Crippen molar-refractivity contribution in [2.45, 2.75) is 25.3 Å². The molecule has 0 aliphatic carbocycles. The summed E-state index contributed by atoms with van der Waals surface area (Å²) in [5.74, 6) is 0.794. The van der Waals surface area contributed by atoms with Gasteiger partial charge in [-0.2, -0.15) is 0 Å². The van der Waals surface area contributed by atoms with E-state index in [1.54, 1.807) is 6.07 Å². The Labute approximate surface area is 94.5 Å². The third-order valence-corrected chi connectivity index (χ3v) is 2.78. The van der Waals surface area contributed by atoms with Gasteiger partial charge in [0, 0.05) is 18.7 Å². The van der Waals surface area contributed by atoms with Crippen molar-refractivity contribution in [3.05, 3.63) is 17.5 Å². The van der Waals surface area contributed by atoms with Gasteiger partial charge in [-0.25, -0.2) is 9.97 Å². The van der Waals surface area contributed by atoms with Crippen molar-refractivity contribution in [1.82, 2.24) is 15.3 Å². The van der Waals surface area contributed by atoms with Crippen molar-refractivity contribution in [3.63, 3.8) is 0 Å². The van der Waals surface area contributed by atoms with E-state index in [9.17, 15) is 0 Å². The first-order valence-corrected chi connectivity index (χ1v) is 5.67. The number of nitrogens with zero attached hydrogens (tertiary/aromatic N) is 2. The lowest BCUT2D eigenvalue weighted by Gasteiger charge is -2.23. The van der Waals surface area contributed by atoms with Crippen molar-refractivity contribution >= 4 is 17.4 Å². The minimum absolute atomic E-state index is 0.476. The lowest BCUT2D eigenvalue weighted by molar-refractivity contribution is 0.414. The minimum atomic E-state index is 0.476. The number of nitrogens with one attached hydrogen (secondary N) is 2. The van der Waals surface area contributed by atoms with Gasteiger partial charge in [-0.15, -0.1) is 0 Å². The fourth-order valence-corrected chi connectivity index (χ4v) is 1.90. The predicted molar refractivity (Wildman–Crippen MR) is 61.2 cm³/mol. The molecule has 2 N–H and O–H groups in total. The maximum Gasteiger partial charge on any atom is 0.134 e. The van der Waals surface area contributed by atoms with E-state index in [0.29, 0.717) is 11.2 Å². The van der Waals surface area contributed by atoms with E-state index >= 15 is 0 Å². The van der Waals surface area contributed by atoms with Gasteiger partial charge in [-0.1, -0.05) is 18.0 Å². The van der Waals surface area contributed by atoms with Crippen LogP contribution in [0.15, 0.2) is 12.4 Å². The first-order chi connectivity index (χ1) is 7.34. The van der Waals surface area contributed by atoms with Crippen LogP contribution in [0.5, 0.6) is 0 Å². The van der Waals surface area contributed by atoms with Crippen molar-refractivity contribution in [1.29, 1.82) is 0 Å². The molecule has 5 heteroatoms. The maximum atomic E-state index is 5.76. The number of hydrogen-bond donors (Lipinski definition) is 2. The Morgan fingerprint density at radius 2 is 2.40 bits per heavy atom. The Bertz CT molecular complexity index is 312. The molecule has 0 aromatic carbocycles. The van der Waals surface area contributed by atoms with Crippen LogP contribution in [0.1, 0.15) is 19.3 Å². The molecule has 0 spiro atoms. The maximum absolute atomic E-state index is 5.76. The fourth-order valence-electron chi connectivity index (χ4n) is 1.76. The van der Waals surface area contributed by atoms with Gasteiger partial charge in [0.15, 0.2) is 0 Å². The summed E-state index contributed by atoms with van der Waals surface area (Å²) in [5.41, 5.74) is 0. The predicted octanol–water partition coefficient (Wildman–Crippen LogP) is 1.68. The largest absolute Gasteiger partial charge is 0.368 e. The van der Waals surface area contributed by atoms with Crippen molar-refractivity contribution < 1.29 is 0 Å². The summed E-state index contributed by atoms with van der Waals surface area (Å²) in [6.45, 7) is 2.02. The normalized spacial score (nSPS) is 21.3. The van der Waals surface area contributed by atoms with Crippen LogP contribution in [0.25, 0.3) is 0 Å². The van der Waals surface area contributed by atoms with Crippen LogP contribution in [0.2, 0.25) is 5.15 Å². The number of rotatable bonds is 3. The zero-order chi connectivity index (χ0) is 10.5. The molecule has 2 rings (SSSR count). The van der Waals surface area contributed by atoms with Crippen LogP contribution in [0.4, 0.5) is 5.82 Å². The molecule has 82 valence electrons. The van der Waals surface area contributed by atoms with E-state index in [-0.39, 0.29) is 0 Å². The van der Waals surface area contributed by atoms with Crippen LogP contribution in [-0.4, -0.2) is 29.1 Å². The standard InChI is InChI=1S/C10H15ClN4/c11-9-5-10(15-7-14-9)13-6-8-3-1-2-4-12-8/h5,7-8,12H,1-4,6H2,(H,13,14,15)/t8-/m1/s1. The summed E-state index contributed by atoms with van der Waals surface area (Å²) in [6.07, 6.45) is 5.30. The average molecular weight is 227 g/mol. The van der Waals surface area contributed by atoms with Crippen LogP contribution in [-0.2, 0) is 0 Å². The molecule has 1 aromatic rings. The van der Waals surface area contributed by atoms with E-state index in [1.165, 1.54) is 25.6 Å². The van der Waals surface area contributed by atoms with Gasteiger partial charge in [-0.3, -0.25) is 0 Å². The van der Waals surface area contributed by atoms with Gasteiger partial charge in [0.05, 0.1) is 0 Å². The molecular weight excluding hydrogens is 212 g/mol. The van der Waals surface area contributed by atoms with Crippen LogP contribution >= 0.6 is 11.6 Å². The molecule has 1 aromatic heterocycles. The van der Waals surface area contributed by atoms with Crippen molar-refractivity contribution in [3.8, 4) is 0 Å². The quantitative estimate of drug-likeness (QED) is 0.771. The van der Waals surface area contributed by atoms with Crippen LogP contribution in [0, 0.1) is 0 Å². The highest BCUT2D eigenvalue weighted by Crippen LogP contribution is 2.10. The van der Waals surface area contributed by atoms with Gasteiger partial charge in [0.25, 0.3) is 0 Å². The van der Waals surface area contributed by atoms with Gasteiger partial charge in [-0.05, 0) is 19.4 Å². The molecule has 2 heterocycles. The fraction of sp³-hybridized carbons (Fsp3) is 0.600. The van der Waals surface area contributed by atoms with Crippen LogP contribution < -0.4 is 10.6 Å². The first-order valence-electron chi connectivity index (χ1n) is 5.29. The van der Waals surface area contributed by atoms with E-state index in [4.69, 9.17) is 11.6 Å². The topological polar surface area (TPSA) is 49.8 Å².